The van der Waals surface area contributed by atoms with Gasteiger partial charge in [0.1, 0.15) is 0 Å². The fraction of sp³-hybridized carbons (Fsp3) is 0.357. The highest BCUT2D eigenvalue weighted by Crippen LogP contribution is 2.27. The first-order valence-electron chi connectivity index (χ1n) is 6.15. The Morgan fingerprint density at radius 3 is 2.94 bits per heavy atom. The summed E-state index contributed by atoms with van der Waals surface area (Å²) in [5.74, 6) is 1.09. The number of rotatable bonds is 5. The van der Waals surface area contributed by atoms with Crippen molar-refractivity contribution in [2.75, 3.05) is 23.1 Å². The molecular formula is C14H19N3S. The molecule has 0 fully saturated rings. The highest BCUT2D eigenvalue weighted by Gasteiger charge is 2.09. The quantitative estimate of drug-likeness (QED) is 0.810. The molecule has 1 aromatic carbocycles. The van der Waals surface area contributed by atoms with Crippen molar-refractivity contribution < 1.29 is 0 Å². The molecule has 0 radical (unpaired) electrons. The topological polar surface area (TPSA) is 50.9 Å². The van der Waals surface area contributed by atoms with Crippen LogP contribution in [0.1, 0.15) is 13.3 Å². The van der Waals surface area contributed by atoms with E-state index in [0.717, 1.165) is 34.5 Å². The van der Waals surface area contributed by atoms with Gasteiger partial charge in [0.15, 0.2) is 0 Å². The molecule has 2 aromatic rings. The first-order chi connectivity index (χ1) is 8.76. The van der Waals surface area contributed by atoms with Crippen molar-refractivity contribution in [1.82, 2.24) is 4.98 Å². The van der Waals surface area contributed by atoms with E-state index in [2.05, 4.69) is 23.5 Å². The van der Waals surface area contributed by atoms with Crippen LogP contribution >= 0.6 is 11.8 Å². The summed E-state index contributed by atoms with van der Waals surface area (Å²) in [6.07, 6.45) is 5.03. The Labute approximate surface area is 112 Å². The monoisotopic (exact) mass is 261 g/mol. The Bertz CT molecular complexity index is 527. The molecule has 1 heterocycles. The predicted molar refractivity (Wildman–Crippen MR) is 82.2 cm³/mol. The van der Waals surface area contributed by atoms with Gasteiger partial charge in [-0.3, -0.25) is 4.98 Å². The Balaban J connectivity index is 2.36. The van der Waals surface area contributed by atoms with E-state index < -0.39 is 0 Å². The largest absolute Gasteiger partial charge is 0.398 e. The zero-order valence-corrected chi connectivity index (χ0v) is 11.6. The molecular weight excluding hydrogens is 242 g/mol. The number of anilines is 2. The van der Waals surface area contributed by atoms with Gasteiger partial charge in [0.25, 0.3) is 0 Å². The predicted octanol–water partition coefficient (Wildman–Crippen LogP) is 3.37. The van der Waals surface area contributed by atoms with Crippen LogP contribution in [0.2, 0.25) is 0 Å². The number of pyridine rings is 1. The van der Waals surface area contributed by atoms with Gasteiger partial charge in [-0.1, -0.05) is 6.92 Å². The van der Waals surface area contributed by atoms with Crippen LogP contribution in [0, 0.1) is 0 Å². The Hall–Kier alpha value is -1.42. The molecule has 0 aliphatic rings. The minimum Gasteiger partial charge on any atom is -0.398 e. The molecule has 3 nitrogen and oxygen atoms in total. The van der Waals surface area contributed by atoms with Gasteiger partial charge in [-0.05, 0) is 36.9 Å². The molecule has 0 saturated carbocycles. The van der Waals surface area contributed by atoms with Gasteiger partial charge in [0, 0.05) is 29.1 Å². The summed E-state index contributed by atoms with van der Waals surface area (Å²) in [4.78, 5) is 4.44. The average Bonchev–Trinajstić information content (AvgIpc) is 2.41. The number of nitrogens with zero attached hydrogens (tertiary/aromatic N) is 1. The van der Waals surface area contributed by atoms with Crippen LogP contribution in [-0.2, 0) is 0 Å². The Morgan fingerprint density at radius 1 is 1.39 bits per heavy atom. The molecule has 0 bridgehead atoms. The number of nitrogens with one attached hydrogen (secondary N) is 1. The third-order valence-electron chi connectivity index (χ3n) is 3.02. The van der Waals surface area contributed by atoms with Crippen molar-refractivity contribution in [2.24, 2.45) is 0 Å². The molecule has 4 heteroatoms. The average molecular weight is 261 g/mol. The van der Waals surface area contributed by atoms with Gasteiger partial charge >= 0.3 is 0 Å². The van der Waals surface area contributed by atoms with Crippen molar-refractivity contribution in [3.63, 3.8) is 0 Å². The highest BCUT2D eigenvalue weighted by molar-refractivity contribution is 7.98. The fourth-order valence-corrected chi connectivity index (χ4v) is 2.72. The third-order valence-corrected chi connectivity index (χ3v) is 3.76. The van der Waals surface area contributed by atoms with Crippen molar-refractivity contribution in [2.45, 2.75) is 19.4 Å². The number of hydrogen-bond acceptors (Lipinski definition) is 4. The van der Waals surface area contributed by atoms with Crippen LogP contribution < -0.4 is 11.1 Å². The Morgan fingerprint density at radius 2 is 2.22 bits per heavy atom. The SMILES string of the molecule is CCC(CSC)Nc1ccc(N)c2cccnc12. The summed E-state index contributed by atoms with van der Waals surface area (Å²) in [6, 6.07) is 8.36. The van der Waals surface area contributed by atoms with Gasteiger partial charge in [-0.25, -0.2) is 0 Å². The molecule has 96 valence electrons. The zero-order valence-electron chi connectivity index (χ0n) is 10.8. The molecule has 1 unspecified atom stereocenters. The summed E-state index contributed by atoms with van der Waals surface area (Å²) < 4.78 is 0. The van der Waals surface area contributed by atoms with Gasteiger partial charge in [-0.2, -0.15) is 11.8 Å². The van der Waals surface area contributed by atoms with Gasteiger partial charge in [0.2, 0.25) is 0 Å². The summed E-state index contributed by atoms with van der Waals surface area (Å²) in [5, 5.41) is 4.58. The minimum atomic E-state index is 0.467. The maximum absolute atomic E-state index is 5.98. The van der Waals surface area contributed by atoms with E-state index in [-0.39, 0.29) is 0 Å². The van der Waals surface area contributed by atoms with Crippen molar-refractivity contribution in [3.05, 3.63) is 30.5 Å². The first-order valence-corrected chi connectivity index (χ1v) is 7.54. The third kappa shape index (κ3) is 2.70. The number of nitrogen functional groups attached to an aromatic ring is 1. The Kier molecular flexibility index (Phi) is 4.31. The summed E-state index contributed by atoms with van der Waals surface area (Å²) in [5.41, 5.74) is 8.78. The van der Waals surface area contributed by atoms with Gasteiger partial charge < -0.3 is 11.1 Å². The summed E-state index contributed by atoms with van der Waals surface area (Å²) in [7, 11) is 0. The maximum Gasteiger partial charge on any atom is 0.0953 e. The van der Waals surface area contributed by atoms with Crippen molar-refractivity contribution in [1.29, 1.82) is 0 Å². The molecule has 0 aliphatic heterocycles. The van der Waals surface area contributed by atoms with Gasteiger partial charge in [0.05, 0.1) is 11.2 Å². The lowest BCUT2D eigenvalue weighted by Gasteiger charge is -2.18. The van der Waals surface area contributed by atoms with Crippen molar-refractivity contribution in [3.8, 4) is 0 Å². The van der Waals surface area contributed by atoms with Crippen LogP contribution in [0.15, 0.2) is 30.5 Å². The van der Waals surface area contributed by atoms with Crippen LogP contribution in [-0.4, -0.2) is 23.0 Å². The normalized spacial score (nSPS) is 12.6. The standard InChI is InChI=1S/C14H19N3S/c1-3-10(9-18-2)17-13-7-6-12(15)11-5-4-8-16-14(11)13/h4-8,10,17H,3,9,15H2,1-2H3. The van der Waals surface area contributed by atoms with Crippen LogP contribution in [0.4, 0.5) is 11.4 Å². The molecule has 0 aliphatic carbocycles. The van der Waals surface area contributed by atoms with E-state index in [0.29, 0.717) is 6.04 Å². The number of thioether (sulfide) groups is 1. The van der Waals surface area contributed by atoms with E-state index in [1.54, 1.807) is 0 Å². The maximum atomic E-state index is 5.98. The van der Waals surface area contributed by atoms with Crippen molar-refractivity contribution >= 4 is 34.0 Å². The van der Waals surface area contributed by atoms with Gasteiger partial charge in [-0.15, -0.1) is 0 Å². The van der Waals surface area contributed by atoms with E-state index in [4.69, 9.17) is 5.73 Å². The first kappa shape index (κ1) is 13.0. The number of nitrogens with two attached hydrogens (primary N) is 1. The van der Waals surface area contributed by atoms with Crippen LogP contribution in [0.3, 0.4) is 0 Å². The second-order valence-electron chi connectivity index (χ2n) is 4.31. The molecule has 0 amide bonds. The number of fused-ring (bicyclic) bond motifs is 1. The smallest absolute Gasteiger partial charge is 0.0953 e. The molecule has 2 rings (SSSR count). The molecule has 18 heavy (non-hydrogen) atoms. The lowest BCUT2D eigenvalue weighted by Crippen LogP contribution is -2.21. The molecule has 0 saturated heterocycles. The number of aromatic nitrogens is 1. The van der Waals surface area contributed by atoms with E-state index in [1.807, 2.05) is 42.2 Å². The highest BCUT2D eigenvalue weighted by atomic mass is 32.2. The summed E-state index contributed by atoms with van der Waals surface area (Å²) >= 11 is 1.85. The zero-order chi connectivity index (χ0) is 13.0. The summed E-state index contributed by atoms with van der Waals surface area (Å²) in [6.45, 7) is 2.20. The minimum absolute atomic E-state index is 0.467. The second-order valence-corrected chi connectivity index (χ2v) is 5.22. The number of benzene rings is 1. The van der Waals surface area contributed by atoms with E-state index in [1.165, 1.54) is 0 Å². The molecule has 3 N–H and O–H groups in total. The fourth-order valence-electron chi connectivity index (χ4n) is 1.99. The van der Waals surface area contributed by atoms with E-state index >= 15 is 0 Å². The second kappa shape index (κ2) is 5.96. The number of hydrogen-bond donors (Lipinski definition) is 2. The lowest BCUT2D eigenvalue weighted by atomic mass is 10.1. The molecule has 1 atom stereocenters. The molecule has 1 aromatic heterocycles. The van der Waals surface area contributed by atoms with Crippen LogP contribution in [0.5, 0.6) is 0 Å². The molecule has 0 spiro atoms. The van der Waals surface area contributed by atoms with Crippen LogP contribution in [0.25, 0.3) is 10.9 Å². The lowest BCUT2D eigenvalue weighted by molar-refractivity contribution is 0.776. The van der Waals surface area contributed by atoms with E-state index in [9.17, 15) is 0 Å².